The molecular weight excluding hydrogens is 457 g/mol. The zero-order chi connectivity index (χ0) is 25.2. The fourth-order valence-corrected chi connectivity index (χ4v) is 6.09. The number of ether oxygens (including phenoxy) is 1. The SMILES string of the molecule is COc1ccc(N2CCN3c4ccc(C(F)(F)F)cc4CC4(C(=O)CC(C)(C)CC4=O)[C@H]3C2)cc1. The van der Waals surface area contributed by atoms with Gasteiger partial charge in [-0.25, -0.2) is 0 Å². The number of fused-ring (bicyclic) bond motifs is 4. The molecule has 0 radical (unpaired) electrons. The van der Waals surface area contributed by atoms with Crippen molar-refractivity contribution >= 4 is 22.9 Å². The smallest absolute Gasteiger partial charge is 0.416 e. The molecule has 3 aliphatic rings. The van der Waals surface area contributed by atoms with E-state index >= 15 is 0 Å². The molecule has 1 atom stereocenters. The van der Waals surface area contributed by atoms with Gasteiger partial charge in [0.1, 0.15) is 22.7 Å². The molecule has 0 aromatic heterocycles. The summed E-state index contributed by atoms with van der Waals surface area (Å²) in [4.78, 5) is 31.7. The minimum atomic E-state index is -4.49. The number of nitrogens with zero attached hydrogens (tertiary/aromatic N) is 2. The third kappa shape index (κ3) is 3.87. The molecule has 2 aromatic rings. The Kier molecular flexibility index (Phi) is 5.42. The van der Waals surface area contributed by atoms with Crippen LogP contribution in [-0.2, 0) is 22.2 Å². The van der Waals surface area contributed by atoms with E-state index in [4.69, 9.17) is 4.74 Å². The zero-order valence-electron chi connectivity index (χ0n) is 20.1. The highest BCUT2D eigenvalue weighted by Crippen LogP contribution is 2.51. The molecule has 2 aliphatic heterocycles. The van der Waals surface area contributed by atoms with E-state index in [9.17, 15) is 22.8 Å². The zero-order valence-corrected chi connectivity index (χ0v) is 20.1. The van der Waals surface area contributed by atoms with Gasteiger partial charge in [-0.1, -0.05) is 13.8 Å². The summed E-state index contributed by atoms with van der Waals surface area (Å²) in [7, 11) is 1.60. The second kappa shape index (κ2) is 8.00. The maximum atomic E-state index is 13.8. The number of Topliss-reactive ketones (excluding diaryl/α,β-unsaturated/α-hetero) is 2. The molecule has 0 N–H and O–H groups in total. The number of carbonyl (C=O) groups is 2. The van der Waals surface area contributed by atoms with Crippen LogP contribution in [0.4, 0.5) is 24.5 Å². The van der Waals surface area contributed by atoms with Gasteiger partial charge in [0.2, 0.25) is 0 Å². The predicted octanol–water partition coefficient (Wildman–Crippen LogP) is 4.91. The van der Waals surface area contributed by atoms with Crippen molar-refractivity contribution in [1.82, 2.24) is 0 Å². The Labute approximate surface area is 202 Å². The number of piperazine rings is 1. The van der Waals surface area contributed by atoms with E-state index in [2.05, 4.69) is 4.90 Å². The lowest BCUT2D eigenvalue weighted by Crippen LogP contribution is -2.69. The molecule has 2 heterocycles. The van der Waals surface area contributed by atoms with Gasteiger partial charge in [-0.05, 0) is 59.9 Å². The van der Waals surface area contributed by atoms with Crippen LogP contribution < -0.4 is 14.5 Å². The fraction of sp³-hybridized carbons (Fsp3) is 0.481. The van der Waals surface area contributed by atoms with Crippen molar-refractivity contribution in [2.24, 2.45) is 10.8 Å². The quantitative estimate of drug-likeness (QED) is 0.565. The highest BCUT2D eigenvalue weighted by molar-refractivity contribution is 6.11. The molecule has 1 saturated carbocycles. The number of halogens is 3. The molecule has 0 unspecified atom stereocenters. The van der Waals surface area contributed by atoms with Gasteiger partial charge in [-0.2, -0.15) is 13.2 Å². The van der Waals surface area contributed by atoms with Gasteiger partial charge in [-0.3, -0.25) is 9.59 Å². The average molecular weight is 487 g/mol. The molecule has 5 nitrogen and oxygen atoms in total. The van der Waals surface area contributed by atoms with E-state index in [1.54, 1.807) is 7.11 Å². The summed E-state index contributed by atoms with van der Waals surface area (Å²) in [6, 6.07) is 10.9. The Bertz CT molecular complexity index is 1150. The van der Waals surface area contributed by atoms with Gasteiger partial charge in [0.25, 0.3) is 0 Å². The lowest BCUT2D eigenvalue weighted by molar-refractivity contribution is -0.150. The highest BCUT2D eigenvalue weighted by atomic mass is 19.4. The van der Waals surface area contributed by atoms with Crippen molar-refractivity contribution in [2.75, 3.05) is 36.5 Å². The van der Waals surface area contributed by atoms with Crippen molar-refractivity contribution < 1.29 is 27.5 Å². The van der Waals surface area contributed by atoms with Crippen molar-refractivity contribution in [3.63, 3.8) is 0 Å². The Morgan fingerprint density at radius 1 is 0.943 bits per heavy atom. The monoisotopic (exact) mass is 486 g/mol. The minimum absolute atomic E-state index is 0.0115. The van der Waals surface area contributed by atoms with Crippen LogP contribution in [0.5, 0.6) is 5.75 Å². The Morgan fingerprint density at radius 2 is 1.60 bits per heavy atom. The third-order valence-electron chi connectivity index (χ3n) is 7.85. The maximum Gasteiger partial charge on any atom is 0.416 e. The molecule has 5 rings (SSSR count). The molecule has 8 heteroatoms. The van der Waals surface area contributed by atoms with Crippen LogP contribution in [-0.4, -0.2) is 44.4 Å². The molecule has 0 amide bonds. The largest absolute Gasteiger partial charge is 0.497 e. The number of hydrogen-bond acceptors (Lipinski definition) is 5. The Balaban J connectivity index is 1.59. The van der Waals surface area contributed by atoms with Crippen LogP contribution in [0.1, 0.15) is 37.8 Å². The summed E-state index contributed by atoms with van der Waals surface area (Å²) in [5.74, 6) is 0.414. The first kappa shape index (κ1) is 23.7. The number of anilines is 2. The average Bonchev–Trinajstić information content (AvgIpc) is 2.80. The molecule has 35 heavy (non-hydrogen) atoms. The van der Waals surface area contributed by atoms with E-state index in [1.807, 2.05) is 43.0 Å². The molecule has 2 fully saturated rings. The number of hydrogen-bond donors (Lipinski definition) is 0. The first-order chi connectivity index (χ1) is 16.4. The minimum Gasteiger partial charge on any atom is -0.497 e. The van der Waals surface area contributed by atoms with Gasteiger partial charge >= 0.3 is 6.18 Å². The summed E-state index contributed by atoms with van der Waals surface area (Å²) >= 11 is 0. The van der Waals surface area contributed by atoms with E-state index < -0.39 is 28.6 Å². The third-order valence-corrected chi connectivity index (χ3v) is 7.85. The van der Waals surface area contributed by atoms with Crippen LogP contribution in [0.15, 0.2) is 42.5 Å². The van der Waals surface area contributed by atoms with Crippen molar-refractivity contribution in [3.8, 4) is 5.75 Å². The van der Waals surface area contributed by atoms with E-state index in [0.717, 1.165) is 23.6 Å². The van der Waals surface area contributed by atoms with Crippen molar-refractivity contribution in [3.05, 3.63) is 53.6 Å². The highest BCUT2D eigenvalue weighted by Gasteiger charge is 2.60. The summed E-state index contributed by atoms with van der Waals surface area (Å²) in [6.45, 7) is 5.35. The Hall–Kier alpha value is -3.03. The van der Waals surface area contributed by atoms with E-state index in [1.165, 1.54) is 6.07 Å². The molecule has 1 saturated heterocycles. The standard InChI is InChI=1S/C27H29F3N2O3/c1-25(2)14-23(33)26(24(34)15-25)13-17-12-18(27(28,29)30)4-9-21(17)32-11-10-31(16-22(26)32)19-5-7-20(35-3)8-6-19/h4-9,12,22H,10-11,13-16H2,1-3H3/t22-/m1/s1. The first-order valence-electron chi connectivity index (χ1n) is 11.9. The topological polar surface area (TPSA) is 49.9 Å². The normalized spacial score (nSPS) is 23.2. The molecule has 0 bridgehead atoms. The summed E-state index contributed by atoms with van der Waals surface area (Å²) in [5.41, 5.74) is -0.489. The number of alkyl halides is 3. The lowest BCUT2D eigenvalue weighted by atomic mass is 9.56. The fourth-order valence-electron chi connectivity index (χ4n) is 6.09. The summed E-state index contributed by atoms with van der Waals surface area (Å²) in [6.07, 6.45) is -4.01. The van der Waals surface area contributed by atoms with Crippen LogP contribution in [0.25, 0.3) is 0 Å². The van der Waals surface area contributed by atoms with E-state index in [-0.39, 0.29) is 30.8 Å². The number of ketones is 2. The molecule has 186 valence electrons. The molecular formula is C27H29F3N2O3. The second-order valence-electron chi connectivity index (χ2n) is 10.7. The number of methoxy groups -OCH3 is 1. The van der Waals surface area contributed by atoms with Gasteiger partial charge in [0.05, 0.1) is 18.7 Å². The second-order valence-corrected chi connectivity index (χ2v) is 10.7. The van der Waals surface area contributed by atoms with Crippen molar-refractivity contribution in [1.29, 1.82) is 0 Å². The lowest BCUT2D eigenvalue weighted by Gasteiger charge is -2.56. The molecule has 1 aliphatic carbocycles. The van der Waals surface area contributed by atoms with Crippen LogP contribution in [0, 0.1) is 10.8 Å². The van der Waals surface area contributed by atoms with Gasteiger partial charge in [0, 0.05) is 43.9 Å². The molecule has 2 aromatic carbocycles. The van der Waals surface area contributed by atoms with E-state index in [0.29, 0.717) is 30.9 Å². The van der Waals surface area contributed by atoms with Crippen molar-refractivity contribution in [2.45, 2.75) is 45.3 Å². The van der Waals surface area contributed by atoms with Crippen LogP contribution in [0.3, 0.4) is 0 Å². The summed E-state index contributed by atoms with van der Waals surface area (Å²) < 4.78 is 45.8. The maximum absolute atomic E-state index is 13.8. The molecule has 1 spiro atoms. The van der Waals surface area contributed by atoms with Crippen LogP contribution in [0.2, 0.25) is 0 Å². The van der Waals surface area contributed by atoms with Crippen LogP contribution >= 0.6 is 0 Å². The number of benzene rings is 2. The predicted molar refractivity (Wildman–Crippen MR) is 127 cm³/mol. The van der Waals surface area contributed by atoms with Gasteiger partial charge in [0.15, 0.2) is 0 Å². The van der Waals surface area contributed by atoms with Gasteiger partial charge < -0.3 is 14.5 Å². The Morgan fingerprint density at radius 3 is 2.20 bits per heavy atom. The number of rotatable bonds is 2. The van der Waals surface area contributed by atoms with Gasteiger partial charge in [-0.15, -0.1) is 0 Å². The number of carbonyl (C=O) groups excluding carboxylic acids is 2. The first-order valence-corrected chi connectivity index (χ1v) is 11.9. The summed E-state index contributed by atoms with van der Waals surface area (Å²) in [5, 5.41) is 0.